The standard InChI is InChI=1S/C25H20BrClN4O4/c1-15(2)24-29-22-8-6-18(26)12-21(22)25(32)30(24)28-13-17-11-19(27)7-9-23(17)35-14-16-4-3-5-20(10-16)31(33)34/h3-13,15H,14H2,1-2H3. The molecule has 0 saturated heterocycles. The van der Waals surface area contributed by atoms with Gasteiger partial charge in [0.05, 0.1) is 22.0 Å². The summed E-state index contributed by atoms with van der Waals surface area (Å²) in [6.07, 6.45) is 1.49. The lowest BCUT2D eigenvalue weighted by atomic mass is 10.2. The number of halogens is 2. The zero-order valence-electron chi connectivity index (χ0n) is 18.8. The summed E-state index contributed by atoms with van der Waals surface area (Å²) < 4.78 is 7.96. The molecule has 0 saturated carbocycles. The van der Waals surface area contributed by atoms with Crippen molar-refractivity contribution in [1.82, 2.24) is 9.66 Å². The summed E-state index contributed by atoms with van der Waals surface area (Å²) in [5.41, 5.74) is 1.47. The molecule has 0 fully saturated rings. The van der Waals surface area contributed by atoms with Crippen molar-refractivity contribution in [1.29, 1.82) is 0 Å². The van der Waals surface area contributed by atoms with Crippen LogP contribution in [0, 0.1) is 10.1 Å². The van der Waals surface area contributed by atoms with Gasteiger partial charge in [0.15, 0.2) is 0 Å². The first kappa shape index (κ1) is 24.6. The van der Waals surface area contributed by atoms with E-state index >= 15 is 0 Å². The fraction of sp³-hybridized carbons (Fsp3) is 0.160. The molecule has 0 aliphatic carbocycles. The summed E-state index contributed by atoms with van der Waals surface area (Å²) in [5.74, 6) is 0.916. The van der Waals surface area contributed by atoms with Crippen LogP contribution < -0.4 is 10.3 Å². The molecule has 4 rings (SSSR count). The van der Waals surface area contributed by atoms with E-state index in [1.165, 1.54) is 23.0 Å². The second-order valence-corrected chi connectivity index (χ2v) is 9.40. The molecule has 35 heavy (non-hydrogen) atoms. The number of nitrogens with zero attached hydrogens (tertiary/aromatic N) is 4. The maximum atomic E-state index is 13.3. The topological polar surface area (TPSA) is 99.6 Å². The molecule has 0 unspecified atom stereocenters. The van der Waals surface area contributed by atoms with Gasteiger partial charge in [-0.25, -0.2) is 4.98 Å². The molecule has 0 aliphatic rings. The number of aromatic nitrogens is 2. The van der Waals surface area contributed by atoms with E-state index in [4.69, 9.17) is 16.3 Å². The van der Waals surface area contributed by atoms with Crippen LogP contribution in [-0.4, -0.2) is 20.8 Å². The normalized spacial score (nSPS) is 11.5. The highest BCUT2D eigenvalue weighted by Crippen LogP contribution is 2.24. The molecule has 0 N–H and O–H groups in total. The number of nitro benzene ring substituents is 1. The molecule has 3 aromatic carbocycles. The Bertz CT molecular complexity index is 1520. The number of benzene rings is 3. The van der Waals surface area contributed by atoms with E-state index in [0.29, 0.717) is 38.6 Å². The molecule has 0 radical (unpaired) electrons. The highest BCUT2D eigenvalue weighted by atomic mass is 79.9. The Labute approximate surface area is 214 Å². The Balaban J connectivity index is 1.70. The van der Waals surface area contributed by atoms with Gasteiger partial charge in [-0.05, 0) is 42.0 Å². The van der Waals surface area contributed by atoms with E-state index in [0.717, 1.165) is 4.47 Å². The van der Waals surface area contributed by atoms with Crippen molar-refractivity contribution in [2.45, 2.75) is 26.4 Å². The number of non-ortho nitro benzene ring substituents is 1. The monoisotopic (exact) mass is 554 g/mol. The van der Waals surface area contributed by atoms with Gasteiger partial charge in [0.1, 0.15) is 18.2 Å². The number of hydrogen-bond acceptors (Lipinski definition) is 6. The molecule has 0 aliphatic heterocycles. The first-order valence-corrected chi connectivity index (χ1v) is 11.8. The van der Waals surface area contributed by atoms with Crippen molar-refractivity contribution in [3.63, 3.8) is 0 Å². The largest absolute Gasteiger partial charge is 0.488 e. The Kier molecular flexibility index (Phi) is 7.28. The summed E-state index contributed by atoms with van der Waals surface area (Å²) in [6.45, 7) is 3.98. The third-order valence-corrected chi connectivity index (χ3v) is 5.88. The second-order valence-electron chi connectivity index (χ2n) is 8.05. The molecule has 4 aromatic rings. The fourth-order valence-corrected chi connectivity index (χ4v) is 3.99. The lowest BCUT2D eigenvalue weighted by molar-refractivity contribution is -0.384. The first-order chi connectivity index (χ1) is 16.7. The molecule has 1 aromatic heterocycles. The average molecular weight is 556 g/mol. The van der Waals surface area contributed by atoms with Crippen LogP contribution in [0.25, 0.3) is 10.9 Å². The third kappa shape index (κ3) is 5.58. The lowest BCUT2D eigenvalue weighted by Gasteiger charge is -2.13. The zero-order chi connectivity index (χ0) is 25.1. The van der Waals surface area contributed by atoms with Crippen LogP contribution in [0.2, 0.25) is 5.02 Å². The SMILES string of the molecule is CC(C)c1nc2ccc(Br)cc2c(=O)n1N=Cc1cc(Cl)ccc1OCc1cccc([N+](=O)[O-])c1. The predicted octanol–water partition coefficient (Wildman–Crippen LogP) is 6.31. The van der Waals surface area contributed by atoms with Gasteiger partial charge in [-0.1, -0.05) is 53.5 Å². The van der Waals surface area contributed by atoms with Crippen LogP contribution in [0.5, 0.6) is 5.75 Å². The van der Waals surface area contributed by atoms with Crippen LogP contribution in [0.3, 0.4) is 0 Å². The molecule has 0 spiro atoms. The van der Waals surface area contributed by atoms with Gasteiger partial charge >= 0.3 is 0 Å². The van der Waals surface area contributed by atoms with Crippen molar-refractivity contribution >= 4 is 50.3 Å². The second kappa shape index (κ2) is 10.4. The summed E-state index contributed by atoms with van der Waals surface area (Å²) in [7, 11) is 0. The number of nitro groups is 1. The summed E-state index contributed by atoms with van der Waals surface area (Å²) in [5, 5.41) is 16.4. The lowest BCUT2D eigenvalue weighted by Crippen LogP contribution is -2.23. The Morgan fingerprint density at radius 3 is 2.74 bits per heavy atom. The molecular weight excluding hydrogens is 536 g/mol. The van der Waals surface area contributed by atoms with Crippen LogP contribution in [0.4, 0.5) is 5.69 Å². The van der Waals surface area contributed by atoms with Crippen LogP contribution in [0.1, 0.15) is 36.7 Å². The molecule has 0 bridgehead atoms. The molecule has 8 nitrogen and oxygen atoms in total. The van der Waals surface area contributed by atoms with Crippen molar-refractivity contribution in [2.75, 3.05) is 0 Å². The minimum Gasteiger partial charge on any atom is -0.488 e. The van der Waals surface area contributed by atoms with E-state index in [1.54, 1.807) is 42.5 Å². The van der Waals surface area contributed by atoms with Crippen molar-refractivity contribution in [2.24, 2.45) is 5.10 Å². The van der Waals surface area contributed by atoms with Gasteiger partial charge in [0.2, 0.25) is 0 Å². The van der Waals surface area contributed by atoms with Crippen LogP contribution in [0.15, 0.2) is 75.0 Å². The molecule has 178 valence electrons. The van der Waals surface area contributed by atoms with Gasteiger partial charge in [-0.3, -0.25) is 14.9 Å². The number of ether oxygens (including phenoxy) is 1. The smallest absolute Gasteiger partial charge is 0.282 e. The molecule has 1 heterocycles. The maximum Gasteiger partial charge on any atom is 0.282 e. The Morgan fingerprint density at radius 2 is 2.00 bits per heavy atom. The van der Waals surface area contributed by atoms with Crippen molar-refractivity contribution < 1.29 is 9.66 Å². The van der Waals surface area contributed by atoms with Gasteiger partial charge in [-0.15, -0.1) is 0 Å². The maximum absolute atomic E-state index is 13.3. The molecule has 0 atom stereocenters. The van der Waals surface area contributed by atoms with E-state index in [-0.39, 0.29) is 23.8 Å². The third-order valence-electron chi connectivity index (χ3n) is 5.15. The van der Waals surface area contributed by atoms with Gasteiger partial charge in [0.25, 0.3) is 11.2 Å². The van der Waals surface area contributed by atoms with E-state index in [9.17, 15) is 14.9 Å². The fourth-order valence-electron chi connectivity index (χ4n) is 3.44. The quantitative estimate of drug-likeness (QED) is 0.151. The minimum absolute atomic E-state index is 0.0139. The van der Waals surface area contributed by atoms with Crippen molar-refractivity contribution in [3.8, 4) is 5.75 Å². The highest BCUT2D eigenvalue weighted by Gasteiger charge is 2.14. The van der Waals surface area contributed by atoms with Crippen LogP contribution in [-0.2, 0) is 6.61 Å². The van der Waals surface area contributed by atoms with Gasteiger partial charge in [-0.2, -0.15) is 9.78 Å². The predicted molar refractivity (Wildman–Crippen MR) is 140 cm³/mol. The van der Waals surface area contributed by atoms with Gasteiger partial charge in [0, 0.05) is 33.1 Å². The Morgan fingerprint density at radius 1 is 1.20 bits per heavy atom. The van der Waals surface area contributed by atoms with Gasteiger partial charge < -0.3 is 4.74 Å². The Hall–Kier alpha value is -3.56. The molecule has 10 heteroatoms. The van der Waals surface area contributed by atoms with E-state index in [2.05, 4.69) is 26.0 Å². The number of rotatable bonds is 7. The summed E-state index contributed by atoms with van der Waals surface area (Å²) in [4.78, 5) is 28.5. The minimum atomic E-state index is -0.454. The summed E-state index contributed by atoms with van der Waals surface area (Å²) in [6, 6.07) is 16.6. The van der Waals surface area contributed by atoms with E-state index in [1.807, 2.05) is 19.9 Å². The number of hydrogen-bond donors (Lipinski definition) is 0. The number of fused-ring (bicyclic) bond motifs is 1. The van der Waals surface area contributed by atoms with Crippen molar-refractivity contribution in [3.05, 3.63) is 108 Å². The first-order valence-electron chi connectivity index (χ1n) is 10.6. The average Bonchev–Trinajstić information content (AvgIpc) is 2.83. The highest BCUT2D eigenvalue weighted by molar-refractivity contribution is 9.10. The summed E-state index contributed by atoms with van der Waals surface area (Å²) >= 11 is 9.60. The van der Waals surface area contributed by atoms with Crippen LogP contribution >= 0.6 is 27.5 Å². The zero-order valence-corrected chi connectivity index (χ0v) is 21.2. The molecular formula is C25H20BrClN4O4. The van der Waals surface area contributed by atoms with E-state index < -0.39 is 4.92 Å². The molecule has 0 amide bonds.